The molecule has 0 saturated heterocycles. The van der Waals surface area contributed by atoms with E-state index in [1.807, 2.05) is 30.3 Å². The lowest BCUT2D eigenvalue weighted by molar-refractivity contribution is -0.385. The van der Waals surface area contributed by atoms with Crippen molar-refractivity contribution in [3.63, 3.8) is 0 Å². The summed E-state index contributed by atoms with van der Waals surface area (Å²) in [4.78, 5) is 10.5. The number of hydrogen-bond donors (Lipinski definition) is 1. The van der Waals surface area contributed by atoms with Crippen LogP contribution >= 0.6 is 31.9 Å². The molecule has 110 valence electrons. The third-order valence-corrected chi connectivity index (χ3v) is 4.58. The van der Waals surface area contributed by atoms with Gasteiger partial charge in [-0.3, -0.25) is 10.1 Å². The van der Waals surface area contributed by atoms with Crippen molar-refractivity contribution < 1.29 is 4.92 Å². The highest BCUT2D eigenvalue weighted by Crippen LogP contribution is 2.26. The minimum atomic E-state index is -0.384. The summed E-state index contributed by atoms with van der Waals surface area (Å²) < 4.78 is 1.54. The van der Waals surface area contributed by atoms with Gasteiger partial charge in [0.1, 0.15) is 0 Å². The fourth-order valence-corrected chi connectivity index (χ4v) is 3.03. The van der Waals surface area contributed by atoms with E-state index in [0.717, 1.165) is 15.6 Å². The van der Waals surface area contributed by atoms with Gasteiger partial charge in [-0.25, -0.2) is 0 Å². The third-order valence-electron chi connectivity index (χ3n) is 3.19. The van der Waals surface area contributed by atoms with Crippen molar-refractivity contribution in [1.29, 1.82) is 0 Å². The Balaban J connectivity index is 2.08. The molecule has 0 radical (unpaired) electrons. The van der Waals surface area contributed by atoms with Gasteiger partial charge in [0.05, 0.1) is 9.40 Å². The summed E-state index contributed by atoms with van der Waals surface area (Å²) >= 11 is 6.72. The van der Waals surface area contributed by atoms with Crippen molar-refractivity contribution >= 4 is 37.5 Å². The van der Waals surface area contributed by atoms with Crippen LogP contribution in [0.1, 0.15) is 24.1 Å². The summed E-state index contributed by atoms with van der Waals surface area (Å²) in [6.45, 7) is 2.63. The van der Waals surface area contributed by atoms with Gasteiger partial charge >= 0.3 is 0 Å². The van der Waals surface area contributed by atoms with Crippen molar-refractivity contribution in [3.8, 4) is 0 Å². The van der Waals surface area contributed by atoms with E-state index in [9.17, 15) is 10.1 Å². The maximum Gasteiger partial charge on any atom is 0.283 e. The largest absolute Gasteiger partial charge is 0.306 e. The van der Waals surface area contributed by atoms with Crippen LogP contribution in [-0.4, -0.2) is 4.92 Å². The first-order valence-corrected chi connectivity index (χ1v) is 7.98. The van der Waals surface area contributed by atoms with Crippen LogP contribution in [-0.2, 0) is 6.54 Å². The molecule has 0 bridgehead atoms. The van der Waals surface area contributed by atoms with Gasteiger partial charge in [0.15, 0.2) is 0 Å². The Morgan fingerprint density at radius 1 is 1.19 bits per heavy atom. The molecule has 2 aromatic carbocycles. The Morgan fingerprint density at radius 3 is 2.57 bits per heavy atom. The first-order valence-electron chi connectivity index (χ1n) is 6.39. The summed E-state index contributed by atoms with van der Waals surface area (Å²) in [5, 5.41) is 14.3. The van der Waals surface area contributed by atoms with Gasteiger partial charge in [0.2, 0.25) is 0 Å². The van der Waals surface area contributed by atoms with E-state index in [1.165, 1.54) is 0 Å². The van der Waals surface area contributed by atoms with Crippen molar-refractivity contribution in [3.05, 3.63) is 72.7 Å². The molecule has 1 N–H and O–H groups in total. The standard InChI is InChI=1S/C15H14Br2N2O2/c1-10(12-4-2-3-5-13(12)16)18-9-11-6-7-14(17)15(8-11)19(20)21/h2-8,10,18H,9H2,1H3/t10-/m0/s1. The minimum absolute atomic E-state index is 0.0860. The minimum Gasteiger partial charge on any atom is -0.306 e. The zero-order valence-electron chi connectivity index (χ0n) is 11.3. The Morgan fingerprint density at radius 2 is 1.90 bits per heavy atom. The number of nitrogens with one attached hydrogen (secondary N) is 1. The van der Waals surface area contributed by atoms with Gasteiger partial charge in [-0.15, -0.1) is 0 Å². The molecule has 0 spiro atoms. The molecule has 2 rings (SSSR count). The van der Waals surface area contributed by atoms with E-state index in [0.29, 0.717) is 11.0 Å². The second-order valence-electron chi connectivity index (χ2n) is 4.67. The summed E-state index contributed by atoms with van der Waals surface area (Å²) in [5.74, 6) is 0. The Kier molecular flexibility index (Phi) is 5.50. The number of nitro groups is 1. The number of nitro benzene ring substituents is 1. The zero-order chi connectivity index (χ0) is 15.4. The molecule has 0 saturated carbocycles. The smallest absolute Gasteiger partial charge is 0.283 e. The topological polar surface area (TPSA) is 55.2 Å². The lowest BCUT2D eigenvalue weighted by Crippen LogP contribution is -2.18. The summed E-state index contributed by atoms with van der Waals surface area (Å²) in [6.07, 6.45) is 0. The second kappa shape index (κ2) is 7.15. The van der Waals surface area contributed by atoms with Gasteiger partial charge in [-0.05, 0) is 46.1 Å². The van der Waals surface area contributed by atoms with Crippen molar-refractivity contribution in [2.24, 2.45) is 0 Å². The predicted octanol–water partition coefficient (Wildman–Crippen LogP) is 4.97. The molecule has 4 nitrogen and oxygen atoms in total. The molecule has 0 heterocycles. The summed E-state index contributed by atoms with van der Waals surface area (Å²) in [7, 11) is 0. The lowest BCUT2D eigenvalue weighted by Gasteiger charge is -2.16. The number of rotatable bonds is 5. The van der Waals surface area contributed by atoms with E-state index >= 15 is 0 Å². The normalized spacial score (nSPS) is 12.1. The van der Waals surface area contributed by atoms with Crippen LogP contribution in [0.2, 0.25) is 0 Å². The molecule has 6 heteroatoms. The number of nitrogens with zero attached hydrogens (tertiary/aromatic N) is 1. The molecule has 0 aliphatic rings. The fourth-order valence-electron chi connectivity index (χ4n) is 2.02. The molecule has 0 unspecified atom stereocenters. The maximum atomic E-state index is 10.9. The highest BCUT2D eigenvalue weighted by atomic mass is 79.9. The monoisotopic (exact) mass is 412 g/mol. The number of benzene rings is 2. The maximum absolute atomic E-state index is 10.9. The Hall–Kier alpha value is -1.24. The molecule has 0 aliphatic carbocycles. The van der Waals surface area contributed by atoms with Crippen LogP contribution in [0, 0.1) is 10.1 Å². The van der Waals surface area contributed by atoms with Crippen LogP contribution < -0.4 is 5.32 Å². The lowest BCUT2D eigenvalue weighted by atomic mass is 10.1. The highest BCUT2D eigenvalue weighted by molar-refractivity contribution is 9.10. The van der Waals surface area contributed by atoms with E-state index in [2.05, 4.69) is 44.1 Å². The molecule has 0 aliphatic heterocycles. The van der Waals surface area contributed by atoms with Crippen LogP contribution in [0.15, 0.2) is 51.4 Å². The van der Waals surface area contributed by atoms with Crippen molar-refractivity contribution in [1.82, 2.24) is 5.32 Å². The fraction of sp³-hybridized carbons (Fsp3) is 0.200. The first kappa shape index (κ1) is 16.1. The van der Waals surface area contributed by atoms with Gasteiger partial charge in [0.25, 0.3) is 5.69 Å². The third kappa shape index (κ3) is 4.12. The van der Waals surface area contributed by atoms with Gasteiger partial charge in [-0.2, -0.15) is 0 Å². The molecule has 21 heavy (non-hydrogen) atoms. The molecule has 1 atom stereocenters. The highest BCUT2D eigenvalue weighted by Gasteiger charge is 2.13. The van der Waals surface area contributed by atoms with E-state index in [1.54, 1.807) is 12.1 Å². The molecule has 0 aromatic heterocycles. The van der Waals surface area contributed by atoms with Crippen LogP contribution in [0.3, 0.4) is 0 Å². The Labute approximate surface area is 140 Å². The number of hydrogen-bond acceptors (Lipinski definition) is 3. The van der Waals surface area contributed by atoms with Gasteiger partial charge in [-0.1, -0.05) is 40.2 Å². The summed E-state index contributed by atoms with van der Waals surface area (Å²) in [5.41, 5.74) is 2.12. The van der Waals surface area contributed by atoms with E-state index in [4.69, 9.17) is 0 Å². The van der Waals surface area contributed by atoms with E-state index in [-0.39, 0.29) is 16.7 Å². The van der Waals surface area contributed by atoms with Gasteiger partial charge < -0.3 is 5.32 Å². The Bertz CT molecular complexity index is 662. The molecule has 0 amide bonds. The van der Waals surface area contributed by atoms with Gasteiger partial charge in [0, 0.05) is 23.1 Å². The predicted molar refractivity (Wildman–Crippen MR) is 90.2 cm³/mol. The van der Waals surface area contributed by atoms with E-state index < -0.39 is 0 Å². The summed E-state index contributed by atoms with van der Waals surface area (Å²) in [6, 6.07) is 13.3. The second-order valence-corrected chi connectivity index (χ2v) is 6.38. The number of halogens is 2. The SMILES string of the molecule is C[C@H](NCc1ccc(Br)c([N+](=O)[O-])c1)c1ccccc1Br. The van der Waals surface area contributed by atoms with Crippen LogP contribution in [0.4, 0.5) is 5.69 Å². The van der Waals surface area contributed by atoms with Crippen LogP contribution in [0.25, 0.3) is 0 Å². The molecular weight excluding hydrogens is 400 g/mol. The average Bonchev–Trinajstić information content (AvgIpc) is 2.46. The first-order chi connectivity index (χ1) is 9.99. The molecular formula is C15H14Br2N2O2. The van der Waals surface area contributed by atoms with Crippen molar-refractivity contribution in [2.75, 3.05) is 0 Å². The molecule has 0 fully saturated rings. The van der Waals surface area contributed by atoms with Crippen LogP contribution in [0.5, 0.6) is 0 Å². The average molecular weight is 414 g/mol. The van der Waals surface area contributed by atoms with Crippen molar-refractivity contribution in [2.45, 2.75) is 19.5 Å². The quantitative estimate of drug-likeness (QED) is 0.556. The zero-order valence-corrected chi connectivity index (χ0v) is 14.5. The molecule has 2 aromatic rings.